The first-order chi connectivity index (χ1) is 7.33. The standard InChI is InChI=1S/C12H16FNO2/c1-8(7-12(2,14)11(15)16)9-4-3-5-10(13)6-9/h3-6,8H,7,14H2,1-2H3,(H,15,16). The monoisotopic (exact) mass is 225 g/mol. The average Bonchev–Trinajstić information content (AvgIpc) is 2.16. The van der Waals surface area contributed by atoms with Crippen molar-refractivity contribution in [2.45, 2.75) is 31.7 Å². The summed E-state index contributed by atoms with van der Waals surface area (Å²) in [5, 5.41) is 8.89. The second kappa shape index (κ2) is 4.61. The van der Waals surface area contributed by atoms with Crippen molar-refractivity contribution in [1.82, 2.24) is 0 Å². The van der Waals surface area contributed by atoms with Gasteiger partial charge >= 0.3 is 5.97 Å². The summed E-state index contributed by atoms with van der Waals surface area (Å²) in [6.07, 6.45) is 0.270. The van der Waals surface area contributed by atoms with E-state index in [1.807, 2.05) is 6.92 Å². The number of halogens is 1. The fraction of sp³-hybridized carbons (Fsp3) is 0.417. The van der Waals surface area contributed by atoms with E-state index in [1.54, 1.807) is 12.1 Å². The van der Waals surface area contributed by atoms with E-state index < -0.39 is 11.5 Å². The number of nitrogens with two attached hydrogens (primary N) is 1. The van der Waals surface area contributed by atoms with E-state index in [1.165, 1.54) is 19.1 Å². The fourth-order valence-electron chi connectivity index (χ4n) is 1.65. The summed E-state index contributed by atoms with van der Waals surface area (Å²) in [7, 11) is 0. The highest BCUT2D eigenvalue weighted by Crippen LogP contribution is 2.25. The Kier molecular flexibility index (Phi) is 3.65. The largest absolute Gasteiger partial charge is 0.480 e. The summed E-state index contributed by atoms with van der Waals surface area (Å²) in [4.78, 5) is 10.9. The zero-order chi connectivity index (χ0) is 12.3. The van der Waals surface area contributed by atoms with E-state index in [9.17, 15) is 9.18 Å². The van der Waals surface area contributed by atoms with E-state index in [0.717, 1.165) is 5.56 Å². The topological polar surface area (TPSA) is 63.3 Å². The van der Waals surface area contributed by atoms with Gasteiger partial charge in [0.25, 0.3) is 0 Å². The van der Waals surface area contributed by atoms with Crippen molar-refractivity contribution < 1.29 is 14.3 Å². The number of aliphatic carboxylic acids is 1. The van der Waals surface area contributed by atoms with Crippen LogP contribution in [0.25, 0.3) is 0 Å². The molecule has 0 saturated heterocycles. The third kappa shape index (κ3) is 3.03. The number of carboxylic acids is 1. The van der Waals surface area contributed by atoms with Crippen molar-refractivity contribution in [2.24, 2.45) is 5.73 Å². The zero-order valence-corrected chi connectivity index (χ0v) is 9.40. The predicted molar refractivity (Wildman–Crippen MR) is 59.7 cm³/mol. The Morgan fingerprint density at radius 3 is 2.75 bits per heavy atom. The minimum atomic E-state index is -1.29. The quantitative estimate of drug-likeness (QED) is 0.825. The minimum absolute atomic E-state index is 0.0956. The molecule has 1 rings (SSSR count). The maximum atomic E-state index is 13.0. The van der Waals surface area contributed by atoms with Crippen LogP contribution in [0.15, 0.2) is 24.3 Å². The minimum Gasteiger partial charge on any atom is -0.480 e. The fourth-order valence-corrected chi connectivity index (χ4v) is 1.65. The Labute approximate surface area is 94.1 Å². The molecule has 0 spiro atoms. The summed E-state index contributed by atoms with van der Waals surface area (Å²) in [5.74, 6) is -1.46. The molecule has 0 aromatic heterocycles. The maximum absolute atomic E-state index is 13.0. The van der Waals surface area contributed by atoms with Gasteiger partial charge in [-0.25, -0.2) is 4.39 Å². The van der Waals surface area contributed by atoms with Gasteiger partial charge in [-0.1, -0.05) is 19.1 Å². The van der Waals surface area contributed by atoms with Crippen LogP contribution in [0.3, 0.4) is 0 Å². The highest BCUT2D eigenvalue weighted by molar-refractivity contribution is 5.77. The van der Waals surface area contributed by atoms with Gasteiger partial charge in [0.05, 0.1) is 0 Å². The first-order valence-corrected chi connectivity index (χ1v) is 5.10. The smallest absolute Gasteiger partial charge is 0.323 e. The molecule has 0 bridgehead atoms. The molecule has 0 radical (unpaired) electrons. The van der Waals surface area contributed by atoms with E-state index >= 15 is 0 Å². The lowest BCUT2D eigenvalue weighted by atomic mass is 9.86. The predicted octanol–water partition coefficient (Wildman–Crippen LogP) is 2.12. The number of hydrogen-bond donors (Lipinski definition) is 2. The van der Waals surface area contributed by atoms with Crippen molar-refractivity contribution in [3.8, 4) is 0 Å². The number of carbonyl (C=O) groups is 1. The SMILES string of the molecule is CC(CC(C)(N)C(=O)O)c1cccc(F)c1. The van der Waals surface area contributed by atoms with Crippen molar-refractivity contribution in [3.05, 3.63) is 35.6 Å². The second-order valence-electron chi connectivity index (χ2n) is 4.38. The number of hydrogen-bond acceptors (Lipinski definition) is 2. The lowest BCUT2D eigenvalue weighted by molar-refractivity contribution is -0.143. The molecule has 0 amide bonds. The molecular formula is C12H16FNO2. The summed E-state index contributed by atoms with van der Waals surface area (Å²) in [6, 6.07) is 6.14. The molecule has 88 valence electrons. The van der Waals surface area contributed by atoms with Crippen LogP contribution in [0, 0.1) is 5.82 Å². The third-order valence-electron chi connectivity index (χ3n) is 2.64. The van der Waals surface area contributed by atoms with Gasteiger partial charge in [-0.15, -0.1) is 0 Å². The van der Waals surface area contributed by atoms with Gasteiger partial charge in [-0.2, -0.15) is 0 Å². The molecule has 0 heterocycles. The summed E-state index contributed by atoms with van der Waals surface area (Å²) >= 11 is 0. The molecule has 0 saturated carbocycles. The van der Waals surface area contributed by atoms with Crippen LogP contribution in [0.1, 0.15) is 31.7 Å². The summed E-state index contributed by atoms with van der Waals surface area (Å²) < 4.78 is 13.0. The molecule has 0 aliphatic carbocycles. The van der Waals surface area contributed by atoms with Crippen LogP contribution in [-0.4, -0.2) is 16.6 Å². The Bertz CT molecular complexity index is 390. The Hall–Kier alpha value is -1.42. The van der Waals surface area contributed by atoms with Crippen molar-refractivity contribution in [3.63, 3.8) is 0 Å². The van der Waals surface area contributed by atoms with Gasteiger partial charge in [0.15, 0.2) is 0 Å². The molecule has 0 aliphatic heterocycles. The molecule has 1 aromatic carbocycles. The average molecular weight is 225 g/mol. The van der Waals surface area contributed by atoms with Crippen LogP contribution < -0.4 is 5.73 Å². The Morgan fingerprint density at radius 1 is 1.62 bits per heavy atom. The van der Waals surface area contributed by atoms with Crippen molar-refractivity contribution >= 4 is 5.97 Å². The Balaban J connectivity index is 2.80. The van der Waals surface area contributed by atoms with Gasteiger partial charge in [-0.3, -0.25) is 4.79 Å². The van der Waals surface area contributed by atoms with E-state index in [-0.39, 0.29) is 18.2 Å². The van der Waals surface area contributed by atoms with Crippen LogP contribution in [0.4, 0.5) is 4.39 Å². The molecule has 3 N–H and O–H groups in total. The highest BCUT2D eigenvalue weighted by Gasteiger charge is 2.30. The van der Waals surface area contributed by atoms with Crippen LogP contribution in [0.5, 0.6) is 0 Å². The lowest BCUT2D eigenvalue weighted by Gasteiger charge is -2.23. The van der Waals surface area contributed by atoms with Crippen LogP contribution in [0.2, 0.25) is 0 Å². The number of benzene rings is 1. The molecule has 2 unspecified atom stereocenters. The third-order valence-corrected chi connectivity index (χ3v) is 2.64. The Morgan fingerprint density at radius 2 is 2.25 bits per heavy atom. The molecule has 3 nitrogen and oxygen atoms in total. The molecule has 0 fully saturated rings. The summed E-state index contributed by atoms with van der Waals surface area (Å²) in [6.45, 7) is 3.30. The van der Waals surface area contributed by atoms with Gasteiger partial charge in [0.2, 0.25) is 0 Å². The van der Waals surface area contributed by atoms with E-state index in [2.05, 4.69) is 0 Å². The van der Waals surface area contributed by atoms with E-state index in [4.69, 9.17) is 10.8 Å². The van der Waals surface area contributed by atoms with Crippen LogP contribution in [-0.2, 0) is 4.79 Å². The molecule has 4 heteroatoms. The highest BCUT2D eigenvalue weighted by atomic mass is 19.1. The molecule has 1 aromatic rings. The van der Waals surface area contributed by atoms with E-state index in [0.29, 0.717) is 0 Å². The second-order valence-corrected chi connectivity index (χ2v) is 4.38. The van der Waals surface area contributed by atoms with Gasteiger partial charge in [0, 0.05) is 0 Å². The number of carboxylic acid groups (broad SMARTS) is 1. The van der Waals surface area contributed by atoms with Gasteiger partial charge < -0.3 is 10.8 Å². The maximum Gasteiger partial charge on any atom is 0.323 e. The molecule has 2 atom stereocenters. The molecule has 0 aliphatic rings. The number of rotatable bonds is 4. The zero-order valence-electron chi connectivity index (χ0n) is 9.40. The van der Waals surface area contributed by atoms with Crippen molar-refractivity contribution in [2.75, 3.05) is 0 Å². The molecule has 16 heavy (non-hydrogen) atoms. The van der Waals surface area contributed by atoms with Gasteiger partial charge in [-0.05, 0) is 37.0 Å². The van der Waals surface area contributed by atoms with Crippen LogP contribution >= 0.6 is 0 Å². The van der Waals surface area contributed by atoms with Crippen molar-refractivity contribution in [1.29, 1.82) is 0 Å². The normalized spacial score (nSPS) is 16.5. The first kappa shape index (κ1) is 12.6. The first-order valence-electron chi connectivity index (χ1n) is 5.10. The van der Waals surface area contributed by atoms with Gasteiger partial charge in [0.1, 0.15) is 11.4 Å². The summed E-state index contributed by atoms with van der Waals surface area (Å²) in [5.41, 5.74) is 5.12. The molecular weight excluding hydrogens is 209 g/mol. The lowest BCUT2D eigenvalue weighted by Crippen LogP contribution is -2.45.